The fraction of sp³-hybridized carbons (Fsp3) is 0.571. The van der Waals surface area contributed by atoms with Crippen molar-refractivity contribution in [2.24, 2.45) is 0 Å². The highest BCUT2D eigenvalue weighted by Crippen LogP contribution is 2.05. The lowest BCUT2D eigenvalue weighted by molar-refractivity contribution is -0.00578. The average Bonchev–Trinajstić information content (AvgIpc) is 2.36. The number of hydrogen-bond donors (Lipinski definition) is 1. The van der Waals surface area contributed by atoms with Crippen LogP contribution in [0.5, 0.6) is 0 Å². The van der Waals surface area contributed by atoms with Crippen LogP contribution in [-0.2, 0) is 11.3 Å². The summed E-state index contributed by atoms with van der Waals surface area (Å²) < 4.78 is 5.03. The first kappa shape index (κ1) is 7.21. The summed E-state index contributed by atoms with van der Waals surface area (Å²) >= 11 is 1.69. The number of rotatable bonds is 3. The number of nitrogens with one attached hydrogen (secondary N) is 1. The molecule has 1 fully saturated rings. The van der Waals surface area contributed by atoms with E-state index in [0.29, 0.717) is 6.04 Å². The van der Waals surface area contributed by atoms with Crippen molar-refractivity contribution < 1.29 is 4.74 Å². The van der Waals surface area contributed by atoms with Gasteiger partial charge in [-0.2, -0.15) is 0 Å². The number of aromatic nitrogens is 1. The molecule has 1 N–H and O–H groups in total. The lowest BCUT2D eigenvalue weighted by Crippen LogP contribution is -2.45. The summed E-state index contributed by atoms with van der Waals surface area (Å²) in [6, 6.07) is 0.555. The number of ether oxygens (including phenoxy) is 1. The zero-order valence-corrected chi connectivity index (χ0v) is 6.93. The molecule has 3 nitrogen and oxygen atoms in total. The van der Waals surface area contributed by atoms with E-state index in [0.717, 1.165) is 24.8 Å². The standard InChI is InChI=1S/C7H10N2OS/c1-2-11-7(8-1)3-9-6-4-10-5-6/h1-2,6,9H,3-5H2. The van der Waals surface area contributed by atoms with Gasteiger partial charge in [-0.1, -0.05) is 0 Å². The van der Waals surface area contributed by atoms with Crippen LogP contribution in [0.25, 0.3) is 0 Å². The van der Waals surface area contributed by atoms with Crippen molar-refractivity contribution in [2.75, 3.05) is 13.2 Å². The number of thiazole rings is 1. The first-order valence-electron chi connectivity index (χ1n) is 3.64. The maximum atomic E-state index is 5.03. The molecule has 1 aromatic rings. The van der Waals surface area contributed by atoms with Gasteiger partial charge in [0.2, 0.25) is 0 Å². The number of hydrogen-bond acceptors (Lipinski definition) is 4. The van der Waals surface area contributed by atoms with E-state index in [1.807, 2.05) is 11.6 Å². The Labute approximate surface area is 69.4 Å². The van der Waals surface area contributed by atoms with E-state index in [2.05, 4.69) is 10.3 Å². The third kappa shape index (κ3) is 1.77. The van der Waals surface area contributed by atoms with E-state index in [-0.39, 0.29) is 0 Å². The molecule has 4 heteroatoms. The molecule has 0 spiro atoms. The van der Waals surface area contributed by atoms with Crippen molar-refractivity contribution in [1.82, 2.24) is 10.3 Å². The van der Waals surface area contributed by atoms with Crippen LogP contribution in [-0.4, -0.2) is 24.2 Å². The van der Waals surface area contributed by atoms with Crippen molar-refractivity contribution in [3.05, 3.63) is 16.6 Å². The first-order chi connectivity index (χ1) is 5.45. The van der Waals surface area contributed by atoms with Gasteiger partial charge in [-0.3, -0.25) is 0 Å². The molecule has 0 atom stereocenters. The van der Waals surface area contributed by atoms with Gasteiger partial charge in [-0.15, -0.1) is 11.3 Å². The van der Waals surface area contributed by atoms with Crippen molar-refractivity contribution >= 4 is 11.3 Å². The van der Waals surface area contributed by atoms with Crippen LogP contribution in [0.1, 0.15) is 5.01 Å². The van der Waals surface area contributed by atoms with Crippen molar-refractivity contribution in [1.29, 1.82) is 0 Å². The topological polar surface area (TPSA) is 34.1 Å². The molecule has 1 aliphatic heterocycles. The molecule has 11 heavy (non-hydrogen) atoms. The molecular weight excluding hydrogens is 160 g/mol. The lowest BCUT2D eigenvalue weighted by Gasteiger charge is -2.26. The second kappa shape index (κ2) is 3.30. The third-order valence-corrected chi connectivity index (χ3v) is 2.44. The Bertz CT molecular complexity index is 208. The maximum absolute atomic E-state index is 5.03. The lowest BCUT2D eigenvalue weighted by atomic mass is 10.2. The van der Waals surface area contributed by atoms with Gasteiger partial charge in [0.1, 0.15) is 5.01 Å². The summed E-state index contributed by atoms with van der Waals surface area (Å²) in [4.78, 5) is 4.16. The smallest absolute Gasteiger partial charge is 0.106 e. The molecule has 0 aromatic carbocycles. The molecule has 1 aromatic heterocycles. The van der Waals surface area contributed by atoms with Crippen molar-refractivity contribution in [3.8, 4) is 0 Å². The average molecular weight is 170 g/mol. The van der Waals surface area contributed by atoms with E-state index in [1.165, 1.54) is 0 Å². The van der Waals surface area contributed by atoms with Gasteiger partial charge >= 0.3 is 0 Å². The second-order valence-corrected chi connectivity index (χ2v) is 3.52. The Morgan fingerprint density at radius 1 is 1.73 bits per heavy atom. The minimum Gasteiger partial charge on any atom is -0.378 e. The normalized spacial score (nSPS) is 18.2. The SMILES string of the molecule is c1csc(CNC2COC2)n1. The molecule has 0 bridgehead atoms. The van der Waals surface area contributed by atoms with Gasteiger partial charge in [-0.25, -0.2) is 4.98 Å². The Hall–Kier alpha value is -0.450. The summed E-state index contributed by atoms with van der Waals surface area (Å²) in [6.45, 7) is 2.59. The van der Waals surface area contributed by atoms with E-state index in [1.54, 1.807) is 11.3 Å². The van der Waals surface area contributed by atoms with Crippen LogP contribution in [0.3, 0.4) is 0 Å². The number of nitrogens with zero attached hydrogens (tertiary/aromatic N) is 1. The molecule has 2 heterocycles. The molecule has 1 saturated heterocycles. The Balaban J connectivity index is 1.74. The predicted molar refractivity (Wildman–Crippen MR) is 43.6 cm³/mol. The van der Waals surface area contributed by atoms with E-state index < -0.39 is 0 Å². The Morgan fingerprint density at radius 3 is 3.18 bits per heavy atom. The molecule has 0 unspecified atom stereocenters. The summed E-state index contributed by atoms with van der Waals surface area (Å²) in [5, 5.41) is 6.49. The fourth-order valence-electron chi connectivity index (χ4n) is 0.925. The predicted octanol–water partition coefficient (Wildman–Crippen LogP) is 0.631. The molecule has 1 aliphatic rings. The molecule has 0 amide bonds. The Kier molecular flexibility index (Phi) is 2.16. The van der Waals surface area contributed by atoms with Gasteiger partial charge in [-0.05, 0) is 0 Å². The summed E-state index contributed by atoms with van der Waals surface area (Å²) in [6.07, 6.45) is 1.83. The summed E-state index contributed by atoms with van der Waals surface area (Å²) in [5.41, 5.74) is 0. The van der Waals surface area contributed by atoms with Gasteiger partial charge in [0.15, 0.2) is 0 Å². The van der Waals surface area contributed by atoms with Crippen LogP contribution in [0.15, 0.2) is 11.6 Å². The quantitative estimate of drug-likeness (QED) is 0.722. The van der Waals surface area contributed by atoms with Gasteiger partial charge in [0.05, 0.1) is 19.3 Å². The van der Waals surface area contributed by atoms with Crippen LogP contribution >= 0.6 is 11.3 Å². The highest BCUT2D eigenvalue weighted by atomic mass is 32.1. The largest absolute Gasteiger partial charge is 0.378 e. The minimum absolute atomic E-state index is 0.555. The molecule has 0 radical (unpaired) electrons. The summed E-state index contributed by atoms with van der Waals surface area (Å²) in [7, 11) is 0. The van der Waals surface area contributed by atoms with E-state index >= 15 is 0 Å². The summed E-state index contributed by atoms with van der Waals surface area (Å²) in [5.74, 6) is 0. The molecular formula is C7H10N2OS. The molecule has 0 saturated carbocycles. The molecule has 2 rings (SSSR count). The monoisotopic (exact) mass is 170 g/mol. The van der Waals surface area contributed by atoms with E-state index in [9.17, 15) is 0 Å². The Morgan fingerprint density at radius 2 is 2.64 bits per heavy atom. The van der Waals surface area contributed by atoms with Crippen molar-refractivity contribution in [2.45, 2.75) is 12.6 Å². The molecule has 0 aliphatic carbocycles. The van der Waals surface area contributed by atoms with Gasteiger partial charge in [0, 0.05) is 18.1 Å². The first-order valence-corrected chi connectivity index (χ1v) is 4.52. The van der Waals surface area contributed by atoms with Gasteiger partial charge in [0.25, 0.3) is 0 Å². The highest BCUT2D eigenvalue weighted by Gasteiger charge is 2.17. The minimum atomic E-state index is 0.555. The zero-order chi connectivity index (χ0) is 7.52. The third-order valence-electron chi connectivity index (χ3n) is 1.66. The van der Waals surface area contributed by atoms with Gasteiger partial charge < -0.3 is 10.1 Å². The van der Waals surface area contributed by atoms with Crippen molar-refractivity contribution in [3.63, 3.8) is 0 Å². The van der Waals surface area contributed by atoms with Crippen LogP contribution in [0, 0.1) is 0 Å². The van der Waals surface area contributed by atoms with Crippen LogP contribution < -0.4 is 5.32 Å². The van der Waals surface area contributed by atoms with E-state index in [4.69, 9.17) is 4.74 Å². The van der Waals surface area contributed by atoms with Crippen LogP contribution in [0.2, 0.25) is 0 Å². The second-order valence-electron chi connectivity index (χ2n) is 2.54. The molecule has 60 valence electrons. The highest BCUT2D eigenvalue weighted by molar-refractivity contribution is 7.09. The fourth-order valence-corrected chi connectivity index (χ4v) is 1.49. The maximum Gasteiger partial charge on any atom is 0.106 e. The van der Waals surface area contributed by atoms with Crippen LogP contribution in [0.4, 0.5) is 0 Å². The zero-order valence-electron chi connectivity index (χ0n) is 6.12.